The molecule has 0 aliphatic rings. The van der Waals surface area contributed by atoms with E-state index in [0.717, 1.165) is 5.56 Å². The highest BCUT2D eigenvalue weighted by molar-refractivity contribution is 5.83. The minimum absolute atomic E-state index is 0.0575. The summed E-state index contributed by atoms with van der Waals surface area (Å²) in [5.41, 5.74) is 1.64. The normalized spacial score (nSPS) is 10.8. The second kappa shape index (κ2) is 7.21. The van der Waals surface area contributed by atoms with Gasteiger partial charge in [-0.25, -0.2) is 0 Å². The second-order valence-electron chi connectivity index (χ2n) is 6.01. The summed E-state index contributed by atoms with van der Waals surface area (Å²) in [6.45, 7) is 3.68. The third-order valence-corrected chi connectivity index (χ3v) is 3.65. The molecule has 5 nitrogen and oxygen atoms in total. The van der Waals surface area contributed by atoms with Crippen LogP contribution in [-0.4, -0.2) is 18.6 Å². The Bertz CT molecular complexity index is 945. The van der Waals surface area contributed by atoms with Gasteiger partial charge in [-0.05, 0) is 31.5 Å². The number of carbonyl (C=O) groups excluding carboxylic acids is 1. The van der Waals surface area contributed by atoms with Crippen molar-refractivity contribution in [3.05, 3.63) is 65.0 Å². The summed E-state index contributed by atoms with van der Waals surface area (Å²) in [4.78, 5) is 24.3. The summed E-state index contributed by atoms with van der Waals surface area (Å²) in [6.07, 6.45) is 1.45. The highest BCUT2D eigenvalue weighted by Crippen LogP contribution is 2.23. The summed E-state index contributed by atoms with van der Waals surface area (Å²) in [7, 11) is 0. The number of hydrogen-bond donors (Lipinski definition) is 1. The van der Waals surface area contributed by atoms with Crippen LogP contribution >= 0.6 is 0 Å². The van der Waals surface area contributed by atoms with E-state index < -0.39 is 0 Å². The fraction of sp³-hybridized carbons (Fsp3) is 0.200. The van der Waals surface area contributed by atoms with Crippen LogP contribution in [0.25, 0.3) is 22.1 Å². The standard InChI is InChI=1S/C20H19NO4/c1-13(2)21-19(22)12-24-15-8-9-16-18(10-15)25-11-17(20(16)23)14-6-4-3-5-7-14/h3-11,13H,12H2,1-2H3,(H,21,22). The molecule has 1 amide bonds. The van der Waals surface area contributed by atoms with Gasteiger partial charge in [0.1, 0.15) is 17.6 Å². The van der Waals surface area contributed by atoms with Crippen molar-refractivity contribution in [1.29, 1.82) is 0 Å². The molecular formula is C20H19NO4. The van der Waals surface area contributed by atoms with Crippen LogP contribution in [0.3, 0.4) is 0 Å². The first-order valence-electron chi connectivity index (χ1n) is 8.08. The van der Waals surface area contributed by atoms with Crippen molar-refractivity contribution in [2.45, 2.75) is 19.9 Å². The lowest BCUT2D eigenvalue weighted by atomic mass is 10.1. The van der Waals surface area contributed by atoms with Crippen molar-refractivity contribution < 1.29 is 13.9 Å². The lowest BCUT2D eigenvalue weighted by Gasteiger charge is -2.10. The van der Waals surface area contributed by atoms with E-state index in [-0.39, 0.29) is 24.0 Å². The summed E-state index contributed by atoms with van der Waals surface area (Å²) < 4.78 is 11.1. The van der Waals surface area contributed by atoms with E-state index in [9.17, 15) is 9.59 Å². The fourth-order valence-corrected chi connectivity index (χ4v) is 2.53. The molecule has 0 aliphatic heterocycles. The largest absolute Gasteiger partial charge is 0.484 e. The van der Waals surface area contributed by atoms with Gasteiger partial charge in [-0.15, -0.1) is 0 Å². The van der Waals surface area contributed by atoms with Crippen LogP contribution in [0.2, 0.25) is 0 Å². The zero-order valence-electron chi connectivity index (χ0n) is 14.1. The minimum Gasteiger partial charge on any atom is -0.484 e. The van der Waals surface area contributed by atoms with E-state index in [1.54, 1.807) is 18.2 Å². The molecule has 0 spiro atoms. The molecule has 1 N–H and O–H groups in total. The van der Waals surface area contributed by atoms with Crippen LogP contribution in [-0.2, 0) is 4.79 Å². The molecule has 25 heavy (non-hydrogen) atoms. The van der Waals surface area contributed by atoms with Gasteiger partial charge in [0.05, 0.1) is 10.9 Å². The molecule has 3 rings (SSSR count). The van der Waals surface area contributed by atoms with Crippen LogP contribution < -0.4 is 15.5 Å². The zero-order valence-corrected chi connectivity index (χ0v) is 14.1. The minimum atomic E-state index is -0.198. The number of benzene rings is 2. The Balaban J connectivity index is 1.85. The van der Waals surface area contributed by atoms with Crippen LogP contribution in [0.5, 0.6) is 5.75 Å². The quantitative estimate of drug-likeness (QED) is 0.775. The first-order valence-corrected chi connectivity index (χ1v) is 8.08. The molecule has 0 aliphatic carbocycles. The Labute approximate surface area is 145 Å². The van der Waals surface area contributed by atoms with E-state index in [4.69, 9.17) is 9.15 Å². The molecule has 3 aromatic rings. The molecule has 0 radical (unpaired) electrons. The maximum absolute atomic E-state index is 12.7. The van der Waals surface area contributed by atoms with E-state index in [1.165, 1.54) is 6.26 Å². The number of carbonyl (C=O) groups is 1. The van der Waals surface area contributed by atoms with Crippen LogP contribution in [0, 0.1) is 0 Å². The van der Waals surface area contributed by atoms with Crippen molar-refractivity contribution in [2.24, 2.45) is 0 Å². The van der Waals surface area contributed by atoms with Crippen LogP contribution in [0.1, 0.15) is 13.8 Å². The fourth-order valence-electron chi connectivity index (χ4n) is 2.53. The first kappa shape index (κ1) is 16.8. The Morgan fingerprint density at radius 2 is 1.92 bits per heavy atom. The molecule has 0 saturated heterocycles. The van der Waals surface area contributed by atoms with Gasteiger partial charge in [0.25, 0.3) is 5.91 Å². The molecule has 0 fully saturated rings. The summed E-state index contributed by atoms with van der Waals surface area (Å²) in [6, 6.07) is 14.4. The number of nitrogens with one attached hydrogen (secondary N) is 1. The summed E-state index contributed by atoms with van der Waals surface area (Å²) >= 11 is 0. The predicted molar refractivity (Wildman–Crippen MR) is 96.7 cm³/mol. The number of ether oxygens (including phenoxy) is 1. The maximum atomic E-state index is 12.7. The van der Waals surface area contributed by atoms with E-state index in [2.05, 4.69) is 5.32 Å². The molecule has 0 unspecified atom stereocenters. The monoisotopic (exact) mass is 337 g/mol. The van der Waals surface area contributed by atoms with Crippen molar-refractivity contribution in [1.82, 2.24) is 5.32 Å². The Morgan fingerprint density at radius 1 is 1.16 bits per heavy atom. The van der Waals surface area contributed by atoms with Crippen LogP contribution in [0.4, 0.5) is 0 Å². The second-order valence-corrected chi connectivity index (χ2v) is 6.01. The maximum Gasteiger partial charge on any atom is 0.258 e. The first-order chi connectivity index (χ1) is 12.0. The molecule has 0 bridgehead atoms. The summed E-state index contributed by atoms with van der Waals surface area (Å²) in [5.74, 6) is 0.276. The third-order valence-electron chi connectivity index (χ3n) is 3.65. The van der Waals surface area contributed by atoms with E-state index >= 15 is 0 Å². The average molecular weight is 337 g/mol. The smallest absolute Gasteiger partial charge is 0.258 e. The molecule has 128 valence electrons. The van der Waals surface area contributed by atoms with Gasteiger partial charge in [0, 0.05) is 12.1 Å². The SMILES string of the molecule is CC(C)NC(=O)COc1ccc2c(=O)c(-c3ccccc3)coc2c1. The topological polar surface area (TPSA) is 68.5 Å². The third kappa shape index (κ3) is 3.88. The Kier molecular flexibility index (Phi) is 4.84. The van der Waals surface area contributed by atoms with E-state index in [1.807, 2.05) is 44.2 Å². The van der Waals surface area contributed by atoms with Gasteiger partial charge in [0.15, 0.2) is 12.0 Å². The highest BCUT2D eigenvalue weighted by Gasteiger charge is 2.10. The Hall–Kier alpha value is -3.08. The molecule has 1 heterocycles. The molecule has 2 aromatic carbocycles. The molecule has 5 heteroatoms. The predicted octanol–water partition coefficient (Wildman–Crippen LogP) is 3.36. The number of amides is 1. The van der Waals surface area contributed by atoms with Gasteiger partial charge in [-0.2, -0.15) is 0 Å². The van der Waals surface area contributed by atoms with Gasteiger partial charge in [-0.1, -0.05) is 30.3 Å². The Morgan fingerprint density at radius 3 is 2.64 bits per heavy atom. The van der Waals surface area contributed by atoms with Gasteiger partial charge in [0.2, 0.25) is 0 Å². The van der Waals surface area contributed by atoms with Gasteiger partial charge in [-0.3, -0.25) is 9.59 Å². The van der Waals surface area contributed by atoms with Gasteiger partial charge < -0.3 is 14.5 Å². The molecule has 1 aromatic heterocycles. The number of hydrogen-bond acceptors (Lipinski definition) is 4. The number of rotatable bonds is 5. The molecule has 0 atom stereocenters. The van der Waals surface area contributed by atoms with Gasteiger partial charge >= 0.3 is 0 Å². The lowest BCUT2D eigenvalue weighted by molar-refractivity contribution is -0.123. The van der Waals surface area contributed by atoms with Crippen LogP contribution in [0.15, 0.2) is 64.0 Å². The number of fused-ring (bicyclic) bond motifs is 1. The lowest BCUT2D eigenvalue weighted by Crippen LogP contribution is -2.34. The average Bonchev–Trinajstić information content (AvgIpc) is 2.60. The highest BCUT2D eigenvalue weighted by atomic mass is 16.5. The van der Waals surface area contributed by atoms with Crippen molar-refractivity contribution in [3.63, 3.8) is 0 Å². The zero-order chi connectivity index (χ0) is 17.8. The van der Waals surface area contributed by atoms with Crippen molar-refractivity contribution in [2.75, 3.05) is 6.61 Å². The van der Waals surface area contributed by atoms with Crippen molar-refractivity contribution >= 4 is 16.9 Å². The summed E-state index contributed by atoms with van der Waals surface area (Å²) in [5, 5.41) is 3.22. The van der Waals surface area contributed by atoms with Crippen molar-refractivity contribution in [3.8, 4) is 16.9 Å². The molecular weight excluding hydrogens is 318 g/mol. The molecule has 0 saturated carbocycles. The van der Waals surface area contributed by atoms with E-state index in [0.29, 0.717) is 22.3 Å².